The predicted octanol–water partition coefficient (Wildman–Crippen LogP) is 0.302. The normalized spacial score (nSPS) is 11.7. The number of aliphatic hydroxyl groups excluding tert-OH is 1. The third-order valence-electron chi connectivity index (χ3n) is 2.24. The average Bonchev–Trinajstić information content (AvgIpc) is 2.71. The summed E-state index contributed by atoms with van der Waals surface area (Å²) in [4.78, 5) is 3.94. The lowest BCUT2D eigenvalue weighted by molar-refractivity contribution is 0.280. The minimum Gasteiger partial charge on any atom is -0.392 e. The average molecular weight is 271 g/mol. The van der Waals surface area contributed by atoms with Gasteiger partial charge in [0, 0.05) is 18.0 Å². The van der Waals surface area contributed by atoms with E-state index < -0.39 is 20.7 Å². The van der Waals surface area contributed by atoms with E-state index in [4.69, 9.17) is 5.11 Å². The van der Waals surface area contributed by atoms with E-state index in [1.165, 1.54) is 6.20 Å². The first-order chi connectivity index (χ1) is 8.43. The van der Waals surface area contributed by atoms with E-state index in [9.17, 15) is 12.8 Å². The SMILES string of the molecule is CS(=O)(=O)c1nn(-c2ncccc2CO)cc1F. The molecular formula is C10H10FN3O3S. The number of pyridine rings is 1. The van der Waals surface area contributed by atoms with Crippen LogP contribution in [0.4, 0.5) is 4.39 Å². The third-order valence-corrected chi connectivity index (χ3v) is 3.22. The summed E-state index contributed by atoms with van der Waals surface area (Å²) < 4.78 is 37.0. The molecule has 2 aromatic heterocycles. The zero-order chi connectivity index (χ0) is 13.3. The largest absolute Gasteiger partial charge is 0.392 e. The molecule has 0 bridgehead atoms. The molecular weight excluding hydrogens is 261 g/mol. The maximum Gasteiger partial charge on any atom is 0.212 e. The van der Waals surface area contributed by atoms with Crippen molar-refractivity contribution in [2.24, 2.45) is 0 Å². The topological polar surface area (TPSA) is 85.1 Å². The van der Waals surface area contributed by atoms with Crippen LogP contribution in [-0.4, -0.2) is 34.5 Å². The fourth-order valence-electron chi connectivity index (χ4n) is 1.46. The molecule has 96 valence electrons. The molecule has 18 heavy (non-hydrogen) atoms. The van der Waals surface area contributed by atoms with Crippen molar-refractivity contribution >= 4 is 9.84 Å². The first-order valence-electron chi connectivity index (χ1n) is 4.94. The Kier molecular flexibility index (Phi) is 3.14. The van der Waals surface area contributed by atoms with Gasteiger partial charge in [-0.1, -0.05) is 6.07 Å². The molecule has 0 saturated carbocycles. The van der Waals surface area contributed by atoms with Gasteiger partial charge in [0.1, 0.15) is 0 Å². The Hall–Kier alpha value is -1.80. The Labute approximate surface area is 103 Å². The first-order valence-corrected chi connectivity index (χ1v) is 6.83. The van der Waals surface area contributed by atoms with Gasteiger partial charge in [0.05, 0.1) is 12.8 Å². The number of halogens is 1. The van der Waals surface area contributed by atoms with Crippen LogP contribution in [-0.2, 0) is 16.4 Å². The second-order valence-corrected chi connectivity index (χ2v) is 5.57. The molecule has 2 aromatic rings. The number of aliphatic hydroxyl groups is 1. The van der Waals surface area contributed by atoms with Gasteiger partial charge in [-0.2, -0.15) is 5.10 Å². The molecule has 0 aromatic carbocycles. The Balaban J connectivity index is 2.60. The minimum absolute atomic E-state index is 0.189. The molecule has 0 radical (unpaired) electrons. The summed E-state index contributed by atoms with van der Waals surface area (Å²) >= 11 is 0. The molecule has 1 N–H and O–H groups in total. The van der Waals surface area contributed by atoms with Crippen LogP contribution in [0.5, 0.6) is 0 Å². The van der Waals surface area contributed by atoms with Crippen molar-refractivity contribution in [3.8, 4) is 5.82 Å². The molecule has 0 aliphatic heterocycles. The van der Waals surface area contributed by atoms with Gasteiger partial charge in [-0.25, -0.2) is 22.5 Å². The highest BCUT2D eigenvalue weighted by atomic mass is 32.2. The van der Waals surface area contributed by atoms with Gasteiger partial charge in [-0.15, -0.1) is 0 Å². The summed E-state index contributed by atoms with van der Waals surface area (Å²) in [6, 6.07) is 3.19. The molecule has 2 heterocycles. The van der Waals surface area contributed by atoms with Crippen LogP contribution in [0.2, 0.25) is 0 Å². The number of aromatic nitrogens is 3. The summed E-state index contributed by atoms with van der Waals surface area (Å²) in [5.74, 6) is -0.763. The highest BCUT2D eigenvalue weighted by Crippen LogP contribution is 2.16. The molecule has 0 fully saturated rings. The zero-order valence-electron chi connectivity index (χ0n) is 9.41. The van der Waals surface area contributed by atoms with Crippen molar-refractivity contribution in [1.82, 2.24) is 14.8 Å². The van der Waals surface area contributed by atoms with Gasteiger partial charge in [-0.05, 0) is 6.07 Å². The number of rotatable bonds is 3. The van der Waals surface area contributed by atoms with Crippen molar-refractivity contribution in [1.29, 1.82) is 0 Å². The Morgan fingerprint density at radius 3 is 2.78 bits per heavy atom. The summed E-state index contributed by atoms with van der Waals surface area (Å²) in [6.07, 6.45) is 3.22. The smallest absolute Gasteiger partial charge is 0.212 e. The lowest BCUT2D eigenvalue weighted by Gasteiger charge is -2.04. The fraction of sp³-hybridized carbons (Fsp3) is 0.200. The fourth-order valence-corrected chi connectivity index (χ4v) is 2.10. The van der Waals surface area contributed by atoms with Crippen molar-refractivity contribution in [2.75, 3.05) is 6.26 Å². The van der Waals surface area contributed by atoms with Crippen molar-refractivity contribution in [3.05, 3.63) is 35.9 Å². The van der Waals surface area contributed by atoms with Gasteiger partial charge in [0.2, 0.25) is 5.03 Å². The van der Waals surface area contributed by atoms with Crippen LogP contribution in [0.1, 0.15) is 5.56 Å². The summed E-state index contributed by atoms with van der Waals surface area (Å²) in [5.41, 5.74) is 0.417. The van der Waals surface area contributed by atoms with Crippen LogP contribution in [0, 0.1) is 5.82 Å². The molecule has 0 aliphatic carbocycles. The molecule has 0 unspecified atom stereocenters. The maximum atomic E-state index is 13.5. The summed E-state index contributed by atoms with van der Waals surface area (Å²) in [6.45, 7) is -0.307. The van der Waals surface area contributed by atoms with Gasteiger partial charge in [0.15, 0.2) is 21.5 Å². The predicted molar refractivity (Wildman–Crippen MR) is 60.3 cm³/mol. The van der Waals surface area contributed by atoms with E-state index in [0.29, 0.717) is 5.56 Å². The quantitative estimate of drug-likeness (QED) is 0.868. The molecule has 0 saturated heterocycles. The van der Waals surface area contributed by atoms with E-state index in [1.54, 1.807) is 12.1 Å². The number of hydrogen-bond acceptors (Lipinski definition) is 5. The van der Waals surface area contributed by atoms with Crippen molar-refractivity contribution in [2.45, 2.75) is 11.6 Å². The molecule has 0 atom stereocenters. The molecule has 0 amide bonds. The van der Waals surface area contributed by atoms with E-state index in [2.05, 4.69) is 10.1 Å². The van der Waals surface area contributed by atoms with Crippen molar-refractivity contribution in [3.63, 3.8) is 0 Å². The van der Waals surface area contributed by atoms with E-state index in [0.717, 1.165) is 17.1 Å². The minimum atomic E-state index is -3.74. The molecule has 0 aliphatic rings. The number of nitrogens with zero attached hydrogens (tertiary/aromatic N) is 3. The first kappa shape index (κ1) is 12.7. The molecule has 6 nitrogen and oxygen atoms in total. The van der Waals surface area contributed by atoms with Crippen LogP contribution in [0.15, 0.2) is 29.6 Å². The van der Waals surface area contributed by atoms with Crippen LogP contribution < -0.4 is 0 Å². The second kappa shape index (κ2) is 4.46. The Morgan fingerprint density at radius 1 is 1.50 bits per heavy atom. The Morgan fingerprint density at radius 2 is 2.22 bits per heavy atom. The lowest BCUT2D eigenvalue weighted by Crippen LogP contribution is -2.05. The summed E-state index contributed by atoms with van der Waals surface area (Å²) in [5, 5.41) is 12.1. The molecule has 8 heteroatoms. The Bertz CT molecular complexity index is 681. The maximum absolute atomic E-state index is 13.5. The van der Waals surface area contributed by atoms with E-state index in [-0.39, 0.29) is 12.4 Å². The van der Waals surface area contributed by atoms with Gasteiger partial charge < -0.3 is 5.11 Å². The van der Waals surface area contributed by atoms with Gasteiger partial charge >= 0.3 is 0 Å². The van der Waals surface area contributed by atoms with Gasteiger partial charge in [0.25, 0.3) is 0 Å². The lowest BCUT2D eigenvalue weighted by atomic mass is 10.3. The monoisotopic (exact) mass is 271 g/mol. The third kappa shape index (κ3) is 2.24. The number of sulfone groups is 1. The zero-order valence-corrected chi connectivity index (χ0v) is 10.2. The van der Waals surface area contributed by atoms with E-state index in [1.807, 2.05) is 0 Å². The number of hydrogen-bond donors (Lipinski definition) is 1. The molecule has 0 spiro atoms. The highest BCUT2D eigenvalue weighted by molar-refractivity contribution is 7.90. The standard InChI is InChI=1S/C10H10FN3O3S/c1-18(16,17)10-8(11)5-14(13-10)9-7(6-15)3-2-4-12-9/h2-5,15H,6H2,1H3. The molecule has 2 rings (SSSR count). The summed E-state index contributed by atoms with van der Waals surface area (Å²) in [7, 11) is -3.74. The van der Waals surface area contributed by atoms with Crippen LogP contribution >= 0.6 is 0 Å². The van der Waals surface area contributed by atoms with E-state index >= 15 is 0 Å². The highest BCUT2D eigenvalue weighted by Gasteiger charge is 2.20. The van der Waals surface area contributed by atoms with Crippen molar-refractivity contribution < 1.29 is 17.9 Å². The second-order valence-electron chi connectivity index (χ2n) is 3.64. The van der Waals surface area contributed by atoms with Crippen LogP contribution in [0.25, 0.3) is 5.82 Å². The van der Waals surface area contributed by atoms with Gasteiger partial charge in [-0.3, -0.25) is 0 Å². The van der Waals surface area contributed by atoms with Crippen LogP contribution in [0.3, 0.4) is 0 Å².